The van der Waals surface area contributed by atoms with Crippen LogP contribution in [0.25, 0.3) is 43.8 Å². The van der Waals surface area contributed by atoms with E-state index in [1.807, 2.05) is 18.2 Å². The molecule has 27 heavy (non-hydrogen) atoms. The largest absolute Gasteiger partial charge is 0.0843 e. The van der Waals surface area contributed by atoms with E-state index in [0.29, 0.717) is 0 Å². The summed E-state index contributed by atoms with van der Waals surface area (Å²) < 4.78 is 0. The fourth-order valence-corrected chi connectivity index (χ4v) is 4.11. The van der Waals surface area contributed by atoms with Gasteiger partial charge in [0.25, 0.3) is 0 Å². The summed E-state index contributed by atoms with van der Waals surface area (Å²) in [6.07, 6.45) is 0. The van der Waals surface area contributed by atoms with Crippen LogP contribution in [0.4, 0.5) is 0 Å². The van der Waals surface area contributed by atoms with Crippen molar-refractivity contribution in [3.8, 4) is 22.3 Å². The average molecular weight is 365 g/mol. The molecule has 0 spiro atoms. The summed E-state index contributed by atoms with van der Waals surface area (Å²) in [7, 11) is 0. The molecule has 0 radical (unpaired) electrons. The first-order chi connectivity index (χ1) is 13.3. The second-order valence-corrected chi connectivity index (χ2v) is 7.18. The van der Waals surface area contributed by atoms with E-state index < -0.39 is 0 Å². The monoisotopic (exact) mass is 364 g/mol. The van der Waals surface area contributed by atoms with Crippen LogP contribution in [0.2, 0.25) is 5.02 Å². The summed E-state index contributed by atoms with van der Waals surface area (Å²) in [5.41, 5.74) is 4.85. The van der Waals surface area contributed by atoms with Crippen molar-refractivity contribution in [2.75, 3.05) is 0 Å². The van der Waals surface area contributed by atoms with Crippen molar-refractivity contribution in [3.05, 3.63) is 108 Å². The van der Waals surface area contributed by atoms with Crippen LogP contribution in [0.15, 0.2) is 103 Å². The van der Waals surface area contributed by atoms with Gasteiger partial charge in [-0.3, -0.25) is 0 Å². The molecule has 0 unspecified atom stereocenters. The predicted octanol–water partition coefficient (Wildman–Crippen LogP) is 7.98. The van der Waals surface area contributed by atoms with E-state index in [9.17, 15) is 0 Å². The third-order valence-electron chi connectivity index (χ3n) is 5.12. The minimum absolute atomic E-state index is 0.757. The summed E-state index contributed by atoms with van der Waals surface area (Å²) >= 11 is 6.28. The van der Waals surface area contributed by atoms with Gasteiger partial charge in [0.2, 0.25) is 0 Å². The van der Waals surface area contributed by atoms with E-state index in [-0.39, 0.29) is 0 Å². The molecule has 0 aliphatic carbocycles. The zero-order valence-corrected chi connectivity index (χ0v) is 15.4. The summed E-state index contributed by atoms with van der Waals surface area (Å²) in [6, 6.07) is 36.2. The van der Waals surface area contributed by atoms with Crippen LogP contribution >= 0.6 is 11.6 Å². The standard InChI is InChI=1S/C26H17Cl/c27-21-12-3-11-20(17-21)23-14-5-9-19-10-6-16-25(26(19)23)24-15-4-8-18-7-1-2-13-22(18)24/h1-17H. The Kier molecular flexibility index (Phi) is 3.92. The summed E-state index contributed by atoms with van der Waals surface area (Å²) in [6.45, 7) is 0. The molecule has 0 amide bonds. The molecule has 0 heterocycles. The van der Waals surface area contributed by atoms with Gasteiger partial charge < -0.3 is 0 Å². The van der Waals surface area contributed by atoms with Crippen LogP contribution in [0.1, 0.15) is 0 Å². The highest BCUT2D eigenvalue weighted by Gasteiger charge is 2.12. The first kappa shape index (κ1) is 16.1. The number of hydrogen-bond acceptors (Lipinski definition) is 0. The maximum Gasteiger partial charge on any atom is 0.0412 e. The number of fused-ring (bicyclic) bond motifs is 2. The molecule has 5 rings (SSSR count). The molecule has 0 aromatic heterocycles. The lowest BCUT2D eigenvalue weighted by molar-refractivity contribution is 1.64. The highest BCUT2D eigenvalue weighted by atomic mass is 35.5. The van der Waals surface area contributed by atoms with Crippen molar-refractivity contribution in [3.63, 3.8) is 0 Å². The quantitative estimate of drug-likeness (QED) is 0.298. The van der Waals surface area contributed by atoms with Crippen LogP contribution in [0, 0.1) is 0 Å². The van der Waals surface area contributed by atoms with Gasteiger partial charge in [-0.15, -0.1) is 0 Å². The molecular formula is C26H17Cl. The minimum Gasteiger partial charge on any atom is -0.0843 e. The third kappa shape index (κ3) is 2.79. The normalized spacial score (nSPS) is 11.1. The van der Waals surface area contributed by atoms with Crippen molar-refractivity contribution < 1.29 is 0 Å². The van der Waals surface area contributed by atoms with Crippen LogP contribution in [-0.2, 0) is 0 Å². The van der Waals surface area contributed by atoms with Gasteiger partial charge in [-0.2, -0.15) is 0 Å². The van der Waals surface area contributed by atoms with E-state index in [1.165, 1.54) is 38.2 Å². The second-order valence-electron chi connectivity index (χ2n) is 6.75. The van der Waals surface area contributed by atoms with Crippen LogP contribution in [0.5, 0.6) is 0 Å². The Labute approximate surface area is 163 Å². The Morgan fingerprint density at radius 3 is 1.93 bits per heavy atom. The number of rotatable bonds is 2. The molecule has 0 bridgehead atoms. The highest BCUT2D eigenvalue weighted by Crippen LogP contribution is 2.39. The molecule has 0 fully saturated rings. The molecule has 0 aliphatic heterocycles. The molecule has 0 N–H and O–H groups in total. The number of halogens is 1. The second kappa shape index (κ2) is 6.57. The Morgan fingerprint density at radius 2 is 1.11 bits per heavy atom. The van der Waals surface area contributed by atoms with Crippen molar-refractivity contribution in [2.45, 2.75) is 0 Å². The Morgan fingerprint density at radius 1 is 0.481 bits per heavy atom. The minimum atomic E-state index is 0.757. The van der Waals surface area contributed by atoms with Gasteiger partial charge in [0, 0.05) is 5.02 Å². The first-order valence-corrected chi connectivity index (χ1v) is 9.45. The molecule has 1 heteroatoms. The van der Waals surface area contributed by atoms with E-state index in [4.69, 9.17) is 11.6 Å². The molecule has 0 nitrogen and oxygen atoms in total. The van der Waals surface area contributed by atoms with Gasteiger partial charge in [-0.1, -0.05) is 103 Å². The lowest BCUT2D eigenvalue weighted by Crippen LogP contribution is -1.87. The van der Waals surface area contributed by atoms with Crippen LogP contribution in [-0.4, -0.2) is 0 Å². The van der Waals surface area contributed by atoms with Gasteiger partial charge in [-0.25, -0.2) is 0 Å². The van der Waals surface area contributed by atoms with E-state index in [0.717, 1.165) is 10.6 Å². The lowest BCUT2D eigenvalue weighted by atomic mass is 9.89. The highest BCUT2D eigenvalue weighted by molar-refractivity contribution is 6.31. The number of benzene rings is 5. The van der Waals surface area contributed by atoms with Crippen LogP contribution < -0.4 is 0 Å². The molecule has 128 valence electrons. The zero-order chi connectivity index (χ0) is 18.2. The molecule has 0 saturated heterocycles. The summed E-state index contributed by atoms with van der Waals surface area (Å²) in [5, 5.41) is 5.78. The molecule has 0 saturated carbocycles. The van der Waals surface area contributed by atoms with Gasteiger partial charge >= 0.3 is 0 Å². The maximum atomic E-state index is 6.28. The molecule has 0 atom stereocenters. The van der Waals surface area contributed by atoms with E-state index in [1.54, 1.807) is 0 Å². The zero-order valence-electron chi connectivity index (χ0n) is 14.7. The van der Waals surface area contributed by atoms with Crippen molar-refractivity contribution >= 4 is 33.1 Å². The smallest absolute Gasteiger partial charge is 0.0412 e. The van der Waals surface area contributed by atoms with Crippen molar-refractivity contribution in [1.82, 2.24) is 0 Å². The topological polar surface area (TPSA) is 0 Å². The molecule has 5 aromatic carbocycles. The fourth-order valence-electron chi connectivity index (χ4n) is 3.92. The van der Waals surface area contributed by atoms with Gasteiger partial charge in [-0.05, 0) is 55.9 Å². The van der Waals surface area contributed by atoms with Crippen LogP contribution in [0.3, 0.4) is 0 Å². The summed E-state index contributed by atoms with van der Waals surface area (Å²) in [5.74, 6) is 0. The number of hydrogen-bond donors (Lipinski definition) is 0. The van der Waals surface area contributed by atoms with Crippen molar-refractivity contribution in [1.29, 1.82) is 0 Å². The molecule has 0 aliphatic rings. The Hall–Kier alpha value is -3.09. The summed E-state index contributed by atoms with van der Waals surface area (Å²) in [4.78, 5) is 0. The van der Waals surface area contributed by atoms with Gasteiger partial charge in [0.1, 0.15) is 0 Å². The van der Waals surface area contributed by atoms with E-state index >= 15 is 0 Å². The molecular weight excluding hydrogens is 348 g/mol. The maximum absolute atomic E-state index is 6.28. The third-order valence-corrected chi connectivity index (χ3v) is 5.36. The average Bonchev–Trinajstić information content (AvgIpc) is 2.72. The predicted molar refractivity (Wildman–Crippen MR) is 117 cm³/mol. The fraction of sp³-hybridized carbons (Fsp3) is 0. The lowest BCUT2D eigenvalue weighted by Gasteiger charge is -2.14. The van der Waals surface area contributed by atoms with Crippen molar-refractivity contribution in [2.24, 2.45) is 0 Å². The van der Waals surface area contributed by atoms with Gasteiger partial charge in [0.05, 0.1) is 0 Å². The van der Waals surface area contributed by atoms with Gasteiger partial charge in [0.15, 0.2) is 0 Å². The molecule has 5 aromatic rings. The Balaban J connectivity index is 1.89. The first-order valence-electron chi connectivity index (χ1n) is 9.07. The Bertz CT molecular complexity index is 1270. The van der Waals surface area contributed by atoms with E-state index in [2.05, 4.69) is 84.9 Å². The SMILES string of the molecule is Clc1cccc(-c2cccc3cccc(-c4cccc5ccccc45)c23)c1.